The van der Waals surface area contributed by atoms with Crippen LogP contribution in [0.3, 0.4) is 0 Å². The lowest BCUT2D eigenvalue weighted by atomic mass is 10.0. The van der Waals surface area contributed by atoms with Crippen LogP contribution in [0, 0.1) is 20.8 Å². The van der Waals surface area contributed by atoms with E-state index >= 15 is 0 Å². The lowest BCUT2D eigenvalue weighted by molar-refractivity contribution is 1.29. The Morgan fingerprint density at radius 2 is 1.25 bits per heavy atom. The van der Waals surface area contributed by atoms with Crippen molar-refractivity contribution in [1.82, 2.24) is 0 Å². The van der Waals surface area contributed by atoms with Crippen molar-refractivity contribution in [2.45, 2.75) is 20.8 Å². The zero-order valence-corrected chi connectivity index (χ0v) is 9.12. The van der Waals surface area contributed by atoms with Crippen LogP contribution in [0.4, 0.5) is 11.4 Å². The van der Waals surface area contributed by atoms with E-state index in [0.717, 1.165) is 32.5 Å². The number of nitrogens with two attached hydrogens (primary N) is 2. The Balaban J connectivity index is 3.60. The van der Waals surface area contributed by atoms with E-state index in [2.05, 4.69) is 15.9 Å². The van der Waals surface area contributed by atoms with E-state index in [4.69, 9.17) is 11.5 Å². The molecule has 0 aliphatic heterocycles. The standard InChI is InChI=1S/C9H13BrN2/c1-4-5(2)9(12)7(10)6(3)8(4)11/h11-12H2,1-3H3. The minimum absolute atomic E-state index is 0.791. The van der Waals surface area contributed by atoms with Crippen LogP contribution in [0.5, 0.6) is 0 Å². The smallest absolute Gasteiger partial charge is 0.0495 e. The van der Waals surface area contributed by atoms with Crippen LogP contribution in [-0.4, -0.2) is 0 Å². The second-order valence-electron chi connectivity index (χ2n) is 3.02. The Morgan fingerprint density at radius 1 is 0.833 bits per heavy atom. The normalized spacial score (nSPS) is 10.3. The van der Waals surface area contributed by atoms with Crippen LogP contribution >= 0.6 is 15.9 Å². The molecule has 0 saturated heterocycles. The fraction of sp³-hybridized carbons (Fsp3) is 0.333. The van der Waals surface area contributed by atoms with Crippen molar-refractivity contribution in [1.29, 1.82) is 0 Å². The summed E-state index contributed by atoms with van der Waals surface area (Å²) in [5.74, 6) is 0. The summed E-state index contributed by atoms with van der Waals surface area (Å²) in [4.78, 5) is 0. The Morgan fingerprint density at radius 3 is 1.75 bits per heavy atom. The van der Waals surface area contributed by atoms with Crippen molar-refractivity contribution in [2.75, 3.05) is 11.5 Å². The van der Waals surface area contributed by atoms with Gasteiger partial charge in [0.25, 0.3) is 0 Å². The molecule has 0 aliphatic carbocycles. The summed E-state index contributed by atoms with van der Waals surface area (Å²) in [5, 5.41) is 0. The number of hydrogen-bond acceptors (Lipinski definition) is 2. The molecule has 0 unspecified atom stereocenters. The van der Waals surface area contributed by atoms with Crippen molar-refractivity contribution in [3.63, 3.8) is 0 Å². The van der Waals surface area contributed by atoms with Crippen LogP contribution in [0.1, 0.15) is 16.7 Å². The van der Waals surface area contributed by atoms with E-state index in [1.165, 1.54) is 0 Å². The third kappa shape index (κ3) is 1.18. The minimum atomic E-state index is 0.791. The molecule has 0 bridgehead atoms. The Hall–Kier alpha value is -0.700. The van der Waals surface area contributed by atoms with Gasteiger partial charge in [0, 0.05) is 15.8 Å². The number of rotatable bonds is 0. The quantitative estimate of drug-likeness (QED) is 0.671. The van der Waals surface area contributed by atoms with Crippen LogP contribution in [0.15, 0.2) is 4.47 Å². The summed E-state index contributed by atoms with van der Waals surface area (Å²) in [6, 6.07) is 0. The fourth-order valence-corrected chi connectivity index (χ4v) is 1.68. The Bertz CT molecular complexity index is 227. The third-order valence-corrected chi connectivity index (χ3v) is 3.36. The molecule has 0 atom stereocenters. The van der Waals surface area contributed by atoms with Gasteiger partial charge in [-0.1, -0.05) is 0 Å². The molecule has 0 aliphatic rings. The molecular weight excluding hydrogens is 216 g/mol. The Kier molecular flexibility index (Phi) is 2.33. The van der Waals surface area contributed by atoms with Crippen molar-refractivity contribution in [3.8, 4) is 0 Å². The molecule has 12 heavy (non-hydrogen) atoms. The zero-order valence-electron chi connectivity index (χ0n) is 7.53. The number of halogens is 1. The summed E-state index contributed by atoms with van der Waals surface area (Å²) in [5.41, 5.74) is 16.5. The molecule has 0 spiro atoms. The fourth-order valence-electron chi connectivity index (χ4n) is 1.17. The largest absolute Gasteiger partial charge is 0.398 e. The van der Waals surface area contributed by atoms with Gasteiger partial charge in [0.15, 0.2) is 0 Å². The van der Waals surface area contributed by atoms with Gasteiger partial charge >= 0.3 is 0 Å². The number of anilines is 2. The third-order valence-electron chi connectivity index (χ3n) is 2.34. The first-order valence-corrected chi connectivity index (χ1v) is 4.56. The maximum Gasteiger partial charge on any atom is 0.0495 e. The maximum atomic E-state index is 5.87. The summed E-state index contributed by atoms with van der Waals surface area (Å²) in [7, 11) is 0. The van der Waals surface area contributed by atoms with Crippen LogP contribution in [-0.2, 0) is 0 Å². The highest BCUT2D eigenvalue weighted by Crippen LogP contribution is 2.34. The molecule has 0 radical (unpaired) electrons. The average Bonchev–Trinajstić information content (AvgIpc) is 2.08. The molecule has 1 rings (SSSR count). The van der Waals surface area contributed by atoms with Gasteiger partial charge in [0.1, 0.15) is 0 Å². The second kappa shape index (κ2) is 2.98. The molecular formula is C9H13BrN2. The van der Waals surface area contributed by atoms with Crippen molar-refractivity contribution < 1.29 is 0 Å². The van der Waals surface area contributed by atoms with E-state index in [0.29, 0.717) is 0 Å². The average molecular weight is 229 g/mol. The second-order valence-corrected chi connectivity index (χ2v) is 3.81. The van der Waals surface area contributed by atoms with Crippen molar-refractivity contribution in [2.24, 2.45) is 0 Å². The molecule has 1 aromatic carbocycles. The summed E-state index contributed by atoms with van der Waals surface area (Å²) in [6.07, 6.45) is 0. The van der Waals surface area contributed by atoms with Crippen LogP contribution in [0.25, 0.3) is 0 Å². The number of nitrogen functional groups attached to an aromatic ring is 2. The molecule has 0 amide bonds. The van der Waals surface area contributed by atoms with Crippen LogP contribution < -0.4 is 11.5 Å². The molecule has 3 heteroatoms. The molecule has 1 aromatic rings. The van der Waals surface area contributed by atoms with Crippen molar-refractivity contribution in [3.05, 3.63) is 21.2 Å². The molecule has 0 fully saturated rings. The molecule has 0 heterocycles. The van der Waals surface area contributed by atoms with Crippen LogP contribution in [0.2, 0.25) is 0 Å². The van der Waals surface area contributed by atoms with E-state index in [1.807, 2.05) is 20.8 Å². The summed E-state index contributed by atoms with van der Waals surface area (Å²) < 4.78 is 0.920. The van der Waals surface area contributed by atoms with E-state index in [1.54, 1.807) is 0 Å². The van der Waals surface area contributed by atoms with Gasteiger partial charge in [0.2, 0.25) is 0 Å². The highest BCUT2D eigenvalue weighted by Gasteiger charge is 2.10. The summed E-state index contributed by atoms with van der Waals surface area (Å²) >= 11 is 3.41. The lowest BCUT2D eigenvalue weighted by Crippen LogP contribution is -2.02. The zero-order chi connectivity index (χ0) is 9.46. The van der Waals surface area contributed by atoms with Gasteiger partial charge in [0.05, 0.1) is 0 Å². The highest BCUT2D eigenvalue weighted by molar-refractivity contribution is 9.10. The van der Waals surface area contributed by atoms with E-state index < -0.39 is 0 Å². The maximum absolute atomic E-state index is 5.87. The van der Waals surface area contributed by atoms with Crippen molar-refractivity contribution >= 4 is 27.3 Å². The predicted molar refractivity (Wildman–Crippen MR) is 57.2 cm³/mol. The first-order chi connectivity index (χ1) is 5.46. The topological polar surface area (TPSA) is 52.0 Å². The first kappa shape index (κ1) is 9.39. The number of hydrogen-bond donors (Lipinski definition) is 2. The molecule has 0 aromatic heterocycles. The van der Waals surface area contributed by atoms with Gasteiger partial charge < -0.3 is 11.5 Å². The van der Waals surface area contributed by atoms with Gasteiger partial charge in [-0.2, -0.15) is 0 Å². The van der Waals surface area contributed by atoms with Gasteiger partial charge in [-0.3, -0.25) is 0 Å². The molecule has 0 saturated carbocycles. The number of benzene rings is 1. The minimum Gasteiger partial charge on any atom is -0.398 e. The SMILES string of the molecule is Cc1c(C)c(N)c(Br)c(C)c1N. The monoisotopic (exact) mass is 228 g/mol. The molecule has 2 nitrogen and oxygen atoms in total. The van der Waals surface area contributed by atoms with E-state index in [-0.39, 0.29) is 0 Å². The van der Waals surface area contributed by atoms with Gasteiger partial charge in [-0.15, -0.1) is 0 Å². The highest BCUT2D eigenvalue weighted by atomic mass is 79.9. The molecule has 4 N–H and O–H groups in total. The van der Waals surface area contributed by atoms with E-state index in [9.17, 15) is 0 Å². The van der Waals surface area contributed by atoms with Gasteiger partial charge in [-0.25, -0.2) is 0 Å². The Labute approximate surface area is 81.1 Å². The van der Waals surface area contributed by atoms with Gasteiger partial charge in [-0.05, 0) is 53.4 Å². The molecule has 66 valence electrons. The predicted octanol–water partition coefficient (Wildman–Crippen LogP) is 2.54. The first-order valence-electron chi connectivity index (χ1n) is 3.77. The lowest BCUT2D eigenvalue weighted by Gasteiger charge is -2.13. The summed E-state index contributed by atoms with van der Waals surface area (Å²) in [6.45, 7) is 5.92.